The summed E-state index contributed by atoms with van der Waals surface area (Å²) >= 11 is 0. The van der Waals surface area contributed by atoms with Gasteiger partial charge >= 0.3 is 5.97 Å². The number of fused-ring (bicyclic) bond motifs is 1. The molecule has 0 aliphatic carbocycles. The zero-order valence-electron chi connectivity index (χ0n) is 12.3. The van der Waals surface area contributed by atoms with Crippen molar-refractivity contribution >= 4 is 16.7 Å². The van der Waals surface area contributed by atoms with Gasteiger partial charge in [0.25, 0.3) is 5.56 Å². The molecule has 0 saturated carbocycles. The standard InChI is InChI=1S/C16H19NO3/c1-5-20-16(19)12-8-6-7-11-14(12)13(10(2)3)9-17(4)15(11)18/h6-10H,5H2,1-4H3. The van der Waals surface area contributed by atoms with E-state index in [-0.39, 0.29) is 17.4 Å². The molecule has 0 bridgehead atoms. The summed E-state index contributed by atoms with van der Waals surface area (Å²) in [5, 5.41) is 1.27. The van der Waals surface area contributed by atoms with Gasteiger partial charge in [-0.25, -0.2) is 4.79 Å². The van der Waals surface area contributed by atoms with Crippen molar-refractivity contribution in [2.24, 2.45) is 7.05 Å². The second kappa shape index (κ2) is 5.49. The minimum atomic E-state index is -0.381. The summed E-state index contributed by atoms with van der Waals surface area (Å²) in [5.41, 5.74) is 1.34. The zero-order chi connectivity index (χ0) is 14.9. The van der Waals surface area contributed by atoms with Gasteiger partial charge in [-0.2, -0.15) is 0 Å². The number of nitrogens with zero attached hydrogens (tertiary/aromatic N) is 1. The first-order valence-electron chi connectivity index (χ1n) is 6.76. The van der Waals surface area contributed by atoms with Crippen LogP contribution in [0.4, 0.5) is 0 Å². The number of pyridine rings is 1. The summed E-state index contributed by atoms with van der Waals surface area (Å²) in [4.78, 5) is 24.3. The highest BCUT2D eigenvalue weighted by atomic mass is 16.5. The van der Waals surface area contributed by atoms with Crippen LogP contribution in [0.3, 0.4) is 0 Å². The Balaban J connectivity index is 2.88. The molecule has 0 radical (unpaired) electrons. The molecule has 0 saturated heterocycles. The summed E-state index contributed by atoms with van der Waals surface area (Å²) in [6.07, 6.45) is 1.80. The third-order valence-corrected chi connectivity index (χ3v) is 3.35. The first kappa shape index (κ1) is 14.3. The number of esters is 1. The van der Waals surface area contributed by atoms with Crippen LogP contribution in [0.5, 0.6) is 0 Å². The monoisotopic (exact) mass is 273 g/mol. The lowest BCUT2D eigenvalue weighted by molar-refractivity contribution is 0.0528. The molecular formula is C16H19NO3. The molecule has 0 spiro atoms. The summed E-state index contributed by atoms with van der Waals surface area (Å²) in [6.45, 7) is 6.17. The average molecular weight is 273 g/mol. The lowest BCUT2D eigenvalue weighted by Gasteiger charge is -2.15. The van der Waals surface area contributed by atoms with Gasteiger partial charge in [-0.05, 0) is 30.5 Å². The van der Waals surface area contributed by atoms with E-state index < -0.39 is 0 Å². The predicted molar refractivity (Wildman–Crippen MR) is 79.2 cm³/mol. The lowest BCUT2D eigenvalue weighted by atomic mass is 9.94. The van der Waals surface area contributed by atoms with E-state index in [0.717, 1.165) is 5.56 Å². The van der Waals surface area contributed by atoms with Crippen LogP contribution in [0.15, 0.2) is 29.2 Å². The van der Waals surface area contributed by atoms with Crippen LogP contribution >= 0.6 is 0 Å². The van der Waals surface area contributed by atoms with Crippen LogP contribution in [0.25, 0.3) is 10.8 Å². The highest BCUT2D eigenvalue weighted by Gasteiger charge is 2.18. The minimum absolute atomic E-state index is 0.101. The largest absolute Gasteiger partial charge is 0.462 e. The Hall–Kier alpha value is -2.10. The topological polar surface area (TPSA) is 48.3 Å². The van der Waals surface area contributed by atoms with E-state index in [1.54, 1.807) is 42.9 Å². The quantitative estimate of drug-likeness (QED) is 0.808. The number of hydrogen-bond donors (Lipinski definition) is 0. The summed E-state index contributed by atoms with van der Waals surface area (Å²) in [7, 11) is 1.73. The molecule has 0 atom stereocenters. The van der Waals surface area contributed by atoms with E-state index in [9.17, 15) is 9.59 Å². The first-order valence-corrected chi connectivity index (χ1v) is 6.76. The van der Waals surface area contributed by atoms with Crippen molar-refractivity contribution < 1.29 is 9.53 Å². The molecule has 0 fully saturated rings. The van der Waals surface area contributed by atoms with Gasteiger partial charge in [0.05, 0.1) is 12.2 Å². The fourth-order valence-corrected chi connectivity index (χ4v) is 2.38. The average Bonchev–Trinajstić information content (AvgIpc) is 2.42. The van der Waals surface area contributed by atoms with Crippen molar-refractivity contribution in [2.45, 2.75) is 26.7 Å². The molecule has 0 amide bonds. The predicted octanol–water partition coefficient (Wildman–Crippen LogP) is 2.84. The molecule has 2 rings (SSSR count). The van der Waals surface area contributed by atoms with Crippen LogP contribution in [0.2, 0.25) is 0 Å². The van der Waals surface area contributed by atoms with E-state index in [0.29, 0.717) is 22.9 Å². The second-order valence-electron chi connectivity index (χ2n) is 5.10. The maximum absolute atomic E-state index is 12.2. The van der Waals surface area contributed by atoms with Gasteiger partial charge in [-0.15, -0.1) is 0 Å². The fraction of sp³-hybridized carbons (Fsp3) is 0.375. The minimum Gasteiger partial charge on any atom is -0.462 e. The summed E-state index contributed by atoms with van der Waals surface area (Å²) in [6, 6.07) is 5.19. The van der Waals surface area contributed by atoms with Gasteiger partial charge in [-0.3, -0.25) is 4.79 Å². The summed E-state index contributed by atoms with van der Waals surface area (Å²) < 4.78 is 6.66. The van der Waals surface area contributed by atoms with Crippen molar-refractivity contribution in [2.75, 3.05) is 6.61 Å². The Morgan fingerprint density at radius 3 is 2.65 bits per heavy atom. The number of ether oxygens (including phenoxy) is 1. The number of benzene rings is 1. The maximum atomic E-state index is 12.2. The van der Waals surface area contributed by atoms with E-state index in [2.05, 4.69) is 0 Å². The number of aryl methyl sites for hydroxylation is 1. The third kappa shape index (κ3) is 2.33. The number of rotatable bonds is 3. The number of hydrogen-bond acceptors (Lipinski definition) is 3. The first-order chi connectivity index (χ1) is 9.47. The highest BCUT2D eigenvalue weighted by Crippen LogP contribution is 2.26. The molecule has 1 heterocycles. The second-order valence-corrected chi connectivity index (χ2v) is 5.10. The van der Waals surface area contributed by atoms with Crippen molar-refractivity contribution in [3.05, 3.63) is 45.9 Å². The Morgan fingerprint density at radius 2 is 2.05 bits per heavy atom. The molecule has 1 aromatic carbocycles. The Bertz CT molecular complexity index is 713. The number of carbonyl (C=O) groups is 1. The highest BCUT2D eigenvalue weighted by molar-refractivity contribution is 6.05. The Labute approximate surface area is 118 Å². The molecule has 0 aliphatic heterocycles. The molecule has 0 aliphatic rings. The van der Waals surface area contributed by atoms with Gasteiger partial charge in [-0.1, -0.05) is 19.9 Å². The maximum Gasteiger partial charge on any atom is 0.338 e. The van der Waals surface area contributed by atoms with Crippen molar-refractivity contribution in [3.8, 4) is 0 Å². The molecule has 4 nitrogen and oxygen atoms in total. The normalized spacial score (nSPS) is 11.1. The van der Waals surface area contributed by atoms with E-state index in [1.807, 2.05) is 13.8 Å². The molecule has 2 aromatic rings. The van der Waals surface area contributed by atoms with Crippen LogP contribution in [0, 0.1) is 0 Å². The van der Waals surface area contributed by atoms with Gasteiger partial charge in [0.1, 0.15) is 0 Å². The van der Waals surface area contributed by atoms with Crippen molar-refractivity contribution in [1.29, 1.82) is 0 Å². The van der Waals surface area contributed by atoms with Crippen LogP contribution in [-0.4, -0.2) is 17.1 Å². The summed E-state index contributed by atoms with van der Waals surface area (Å²) in [5.74, 6) is -0.173. The molecular weight excluding hydrogens is 254 g/mol. The SMILES string of the molecule is CCOC(=O)c1cccc2c(=O)n(C)cc(C(C)C)c12. The zero-order valence-corrected chi connectivity index (χ0v) is 12.3. The van der Waals surface area contributed by atoms with Gasteiger partial charge in [0, 0.05) is 24.0 Å². The van der Waals surface area contributed by atoms with E-state index in [1.165, 1.54) is 0 Å². The molecule has 0 unspecified atom stereocenters. The van der Waals surface area contributed by atoms with E-state index >= 15 is 0 Å². The van der Waals surface area contributed by atoms with Gasteiger partial charge in [0.2, 0.25) is 0 Å². The number of aromatic nitrogens is 1. The molecule has 0 N–H and O–H groups in total. The van der Waals surface area contributed by atoms with E-state index in [4.69, 9.17) is 4.74 Å². The van der Waals surface area contributed by atoms with Crippen molar-refractivity contribution in [1.82, 2.24) is 4.57 Å². The van der Waals surface area contributed by atoms with Crippen LogP contribution in [0.1, 0.15) is 42.6 Å². The van der Waals surface area contributed by atoms with Gasteiger partial charge < -0.3 is 9.30 Å². The van der Waals surface area contributed by atoms with Gasteiger partial charge in [0.15, 0.2) is 0 Å². The molecule has 106 valence electrons. The Morgan fingerprint density at radius 1 is 1.35 bits per heavy atom. The van der Waals surface area contributed by atoms with Crippen LogP contribution < -0.4 is 5.56 Å². The fourth-order valence-electron chi connectivity index (χ4n) is 2.38. The third-order valence-electron chi connectivity index (χ3n) is 3.35. The van der Waals surface area contributed by atoms with Crippen molar-refractivity contribution in [3.63, 3.8) is 0 Å². The smallest absolute Gasteiger partial charge is 0.338 e. The molecule has 1 aromatic heterocycles. The molecule has 20 heavy (non-hydrogen) atoms. The lowest BCUT2D eigenvalue weighted by Crippen LogP contribution is -2.19. The molecule has 4 heteroatoms. The van der Waals surface area contributed by atoms with Crippen LogP contribution in [-0.2, 0) is 11.8 Å². The number of carbonyl (C=O) groups excluding carboxylic acids is 1. The Kier molecular flexibility index (Phi) is 3.93.